The molecule has 0 saturated carbocycles. The summed E-state index contributed by atoms with van der Waals surface area (Å²) in [7, 11) is 0. The summed E-state index contributed by atoms with van der Waals surface area (Å²) in [5, 5.41) is -0.244. The molecule has 8 nitrogen and oxygen atoms in total. The van der Waals surface area contributed by atoms with Crippen LogP contribution in [0.25, 0.3) is 0 Å². The molecule has 0 unspecified atom stereocenters. The average Bonchev–Trinajstić information content (AvgIpc) is 3.32. The van der Waals surface area contributed by atoms with E-state index in [1.807, 2.05) is 0 Å². The topological polar surface area (TPSA) is 99.2 Å². The molecule has 0 N–H and O–H groups in total. The smallest absolute Gasteiger partial charge is 0.416 e. The fourth-order valence-electron chi connectivity index (χ4n) is 4.31. The van der Waals surface area contributed by atoms with Gasteiger partial charge in [-0.05, 0) is 24.3 Å². The Hall–Kier alpha value is -2.92. The van der Waals surface area contributed by atoms with Crippen LogP contribution in [0.2, 0.25) is 5.02 Å². The van der Waals surface area contributed by atoms with Gasteiger partial charge in [0.15, 0.2) is 5.60 Å². The number of benzene rings is 1. The second-order valence-electron chi connectivity index (χ2n) is 7.53. The lowest BCUT2D eigenvalue weighted by atomic mass is 9.76. The van der Waals surface area contributed by atoms with Crippen LogP contribution in [0.3, 0.4) is 0 Å². The SMILES string of the molecule is CC(=O)OC(OC(C)=O)[C@]12C=C[C@@H](O1)[C@@H]1C(=O)N(c3cc(C(F)(F)F)ccc3Cl)C(=O)[C@@H]12. The summed E-state index contributed by atoms with van der Waals surface area (Å²) >= 11 is 6.04. The number of ether oxygens (including phenoxy) is 3. The molecule has 0 aliphatic carbocycles. The van der Waals surface area contributed by atoms with Crippen molar-refractivity contribution >= 4 is 41.0 Å². The number of fused-ring (bicyclic) bond motifs is 5. The Labute approximate surface area is 183 Å². The Morgan fingerprint density at radius 2 is 1.78 bits per heavy atom. The molecule has 0 radical (unpaired) electrons. The van der Waals surface area contributed by atoms with Crippen molar-refractivity contribution < 1.29 is 46.6 Å². The third-order valence-corrected chi connectivity index (χ3v) is 5.83. The fraction of sp³-hybridized carbons (Fsp3) is 0.400. The number of hydrogen-bond donors (Lipinski definition) is 0. The molecule has 2 amide bonds. The predicted octanol–water partition coefficient (Wildman–Crippen LogP) is 2.62. The molecule has 3 heterocycles. The van der Waals surface area contributed by atoms with Crippen LogP contribution in [-0.2, 0) is 39.6 Å². The van der Waals surface area contributed by atoms with Crippen molar-refractivity contribution in [3.05, 3.63) is 40.9 Å². The predicted molar refractivity (Wildman–Crippen MR) is 100.0 cm³/mol. The van der Waals surface area contributed by atoms with E-state index in [9.17, 15) is 32.3 Å². The molecular formula is C20H15ClF3NO7. The van der Waals surface area contributed by atoms with E-state index in [1.54, 1.807) is 0 Å². The standard InChI is InChI=1S/C20H15ClF3NO7/c1-8(26)30-18(31-9(2)27)19-6-5-13(32-19)14-15(19)17(29)25(16(14)28)12-7-10(20(22,23)24)3-4-11(12)21/h3-7,13-15,18H,1-2H3/t13-,14+,15-,19-/m1/s1. The van der Waals surface area contributed by atoms with Crippen molar-refractivity contribution in [2.45, 2.75) is 38.0 Å². The Morgan fingerprint density at radius 1 is 1.16 bits per heavy atom. The van der Waals surface area contributed by atoms with Gasteiger partial charge < -0.3 is 14.2 Å². The van der Waals surface area contributed by atoms with Crippen LogP contribution < -0.4 is 4.90 Å². The first kappa shape index (κ1) is 22.3. The Kier molecular flexibility index (Phi) is 5.09. The van der Waals surface area contributed by atoms with E-state index in [4.69, 9.17) is 25.8 Å². The van der Waals surface area contributed by atoms with Gasteiger partial charge in [-0.15, -0.1) is 0 Å². The van der Waals surface area contributed by atoms with E-state index in [2.05, 4.69) is 0 Å². The summed E-state index contributed by atoms with van der Waals surface area (Å²) in [4.78, 5) is 50.2. The van der Waals surface area contributed by atoms with Gasteiger partial charge in [-0.3, -0.25) is 19.2 Å². The summed E-state index contributed by atoms with van der Waals surface area (Å²) in [5.41, 5.74) is -3.35. The lowest BCUT2D eigenvalue weighted by molar-refractivity contribution is -0.226. The zero-order valence-electron chi connectivity index (χ0n) is 16.5. The number of carbonyl (C=O) groups is 4. The van der Waals surface area contributed by atoms with Crippen molar-refractivity contribution in [1.82, 2.24) is 0 Å². The lowest BCUT2D eigenvalue weighted by Gasteiger charge is -2.34. The van der Waals surface area contributed by atoms with Gasteiger partial charge in [0.1, 0.15) is 0 Å². The van der Waals surface area contributed by atoms with Gasteiger partial charge in [0, 0.05) is 13.8 Å². The fourth-order valence-corrected chi connectivity index (χ4v) is 4.52. The maximum Gasteiger partial charge on any atom is 0.416 e. The number of anilines is 1. The summed E-state index contributed by atoms with van der Waals surface area (Å²) in [6.07, 6.45) is -4.56. The number of amides is 2. The van der Waals surface area contributed by atoms with E-state index >= 15 is 0 Å². The molecule has 0 spiro atoms. The highest BCUT2D eigenvalue weighted by atomic mass is 35.5. The summed E-state index contributed by atoms with van der Waals surface area (Å²) in [6, 6.07) is 2.27. The third-order valence-electron chi connectivity index (χ3n) is 5.51. The number of carbonyl (C=O) groups excluding carboxylic acids is 4. The van der Waals surface area contributed by atoms with Crippen molar-refractivity contribution in [2.24, 2.45) is 11.8 Å². The van der Waals surface area contributed by atoms with E-state index < -0.39 is 71.0 Å². The Balaban J connectivity index is 1.78. The highest BCUT2D eigenvalue weighted by Gasteiger charge is 2.72. The molecule has 2 saturated heterocycles. The summed E-state index contributed by atoms with van der Waals surface area (Å²) in [5.74, 6) is -5.89. The first-order valence-electron chi connectivity index (χ1n) is 9.33. The second kappa shape index (κ2) is 7.31. The van der Waals surface area contributed by atoms with Gasteiger partial charge >= 0.3 is 18.1 Å². The molecule has 170 valence electrons. The number of imide groups is 1. The van der Waals surface area contributed by atoms with Crippen molar-refractivity contribution in [2.75, 3.05) is 4.90 Å². The monoisotopic (exact) mass is 473 g/mol. The molecule has 4 atom stereocenters. The minimum Gasteiger partial charge on any atom is -0.422 e. The number of nitrogens with zero attached hydrogens (tertiary/aromatic N) is 1. The molecule has 1 aromatic carbocycles. The molecule has 4 rings (SSSR count). The maximum absolute atomic E-state index is 13.4. The highest BCUT2D eigenvalue weighted by Crippen LogP contribution is 2.55. The molecular weight excluding hydrogens is 459 g/mol. The molecule has 2 fully saturated rings. The van der Waals surface area contributed by atoms with E-state index in [1.165, 1.54) is 12.2 Å². The zero-order valence-corrected chi connectivity index (χ0v) is 17.3. The number of hydrogen-bond acceptors (Lipinski definition) is 7. The van der Waals surface area contributed by atoms with Crippen LogP contribution in [0.5, 0.6) is 0 Å². The van der Waals surface area contributed by atoms with Crippen LogP contribution in [0.1, 0.15) is 19.4 Å². The van der Waals surface area contributed by atoms with Gasteiger partial charge in [-0.25, -0.2) is 4.90 Å². The maximum atomic E-state index is 13.4. The van der Waals surface area contributed by atoms with Gasteiger partial charge in [0.05, 0.1) is 34.2 Å². The average molecular weight is 474 g/mol. The number of halogens is 4. The molecule has 0 aromatic heterocycles. The van der Waals surface area contributed by atoms with Gasteiger partial charge in [-0.2, -0.15) is 13.2 Å². The number of rotatable bonds is 4. The van der Waals surface area contributed by atoms with E-state index in [0.29, 0.717) is 11.0 Å². The van der Waals surface area contributed by atoms with Crippen LogP contribution in [0.4, 0.5) is 18.9 Å². The van der Waals surface area contributed by atoms with Gasteiger partial charge in [0.25, 0.3) is 6.29 Å². The van der Waals surface area contributed by atoms with Gasteiger partial charge in [0.2, 0.25) is 11.8 Å². The summed E-state index contributed by atoms with van der Waals surface area (Å²) < 4.78 is 55.5. The number of esters is 2. The quantitative estimate of drug-likeness (QED) is 0.287. The molecule has 12 heteroatoms. The Morgan fingerprint density at radius 3 is 2.34 bits per heavy atom. The normalized spacial score (nSPS) is 28.5. The van der Waals surface area contributed by atoms with Crippen molar-refractivity contribution in [1.29, 1.82) is 0 Å². The second-order valence-corrected chi connectivity index (χ2v) is 7.93. The van der Waals surface area contributed by atoms with Gasteiger partial charge in [-0.1, -0.05) is 17.7 Å². The first-order chi connectivity index (χ1) is 14.9. The minimum atomic E-state index is -4.73. The minimum absolute atomic E-state index is 0.244. The highest BCUT2D eigenvalue weighted by molar-refractivity contribution is 6.36. The van der Waals surface area contributed by atoms with Crippen LogP contribution in [0.15, 0.2) is 30.4 Å². The van der Waals surface area contributed by atoms with Crippen LogP contribution >= 0.6 is 11.6 Å². The van der Waals surface area contributed by atoms with Crippen molar-refractivity contribution in [3.63, 3.8) is 0 Å². The number of alkyl halides is 3. The largest absolute Gasteiger partial charge is 0.422 e. The molecule has 3 aliphatic heterocycles. The zero-order chi connectivity index (χ0) is 23.6. The van der Waals surface area contributed by atoms with Crippen LogP contribution in [-0.4, -0.2) is 41.7 Å². The first-order valence-corrected chi connectivity index (χ1v) is 9.71. The summed E-state index contributed by atoms with van der Waals surface area (Å²) in [6.45, 7) is 2.10. The van der Waals surface area contributed by atoms with E-state index in [0.717, 1.165) is 26.0 Å². The Bertz CT molecular complexity index is 1060. The van der Waals surface area contributed by atoms with Crippen molar-refractivity contribution in [3.8, 4) is 0 Å². The van der Waals surface area contributed by atoms with E-state index in [-0.39, 0.29) is 5.02 Å². The molecule has 3 aliphatic rings. The van der Waals surface area contributed by atoms with Crippen LogP contribution in [0, 0.1) is 11.8 Å². The molecule has 1 aromatic rings. The molecule has 2 bridgehead atoms. The molecule has 32 heavy (non-hydrogen) atoms. The lowest BCUT2D eigenvalue weighted by Crippen LogP contribution is -2.52. The third kappa shape index (κ3) is 3.27.